The Hall–Kier alpha value is -4.13. The van der Waals surface area contributed by atoms with Gasteiger partial charge in [0.1, 0.15) is 22.4 Å². The van der Waals surface area contributed by atoms with Gasteiger partial charge in [-0.3, -0.25) is 4.79 Å². The number of nitrogens with one attached hydrogen (secondary N) is 1. The van der Waals surface area contributed by atoms with Gasteiger partial charge in [-0.05, 0) is 55.1 Å². The second-order valence-corrected chi connectivity index (χ2v) is 9.26. The van der Waals surface area contributed by atoms with Crippen LogP contribution in [-0.2, 0) is 4.79 Å². The van der Waals surface area contributed by atoms with Crippen LogP contribution < -0.4 is 15.0 Å². The van der Waals surface area contributed by atoms with Gasteiger partial charge in [0, 0.05) is 51.6 Å². The van der Waals surface area contributed by atoms with Crippen molar-refractivity contribution in [3.05, 3.63) is 70.9 Å². The Morgan fingerprint density at radius 1 is 1.11 bits per heavy atom. The molecule has 1 N–H and O–H groups in total. The molecule has 9 nitrogen and oxygen atoms in total. The number of nitrogens with zero attached hydrogens (tertiary/aromatic N) is 6. The summed E-state index contributed by atoms with van der Waals surface area (Å²) in [5, 5.41) is 12.7. The van der Waals surface area contributed by atoms with Crippen LogP contribution in [0.15, 0.2) is 60.3 Å². The molecule has 1 aliphatic heterocycles. The zero-order valence-corrected chi connectivity index (χ0v) is 21.7. The summed E-state index contributed by atoms with van der Waals surface area (Å²) in [5.41, 5.74) is 2.77. The van der Waals surface area contributed by atoms with E-state index in [1.165, 1.54) is 22.9 Å². The number of ether oxygens (including phenoxy) is 1. The van der Waals surface area contributed by atoms with Crippen molar-refractivity contribution in [2.75, 3.05) is 57.5 Å². The molecule has 37 heavy (non-hydrogen) atoms. The lowest BCUT2D eigenvalue weighted by molar-refractivity contribution is -0.124. The van der Waals surface area contributed by atoms with E-state index >= 15 is 0 Å². The van der Waals surface area contributed by atoms with E-state index in [9.17, 15) is 10.1 Å². The van der Waals surface area contributed by atoms with E-state index in [1.54, 1.807) is 38.4 Å². The molecule has 0 radical (unpaired) electrons. The molecular formula is C27H28ClN7O2. The summed E-state index contributed by atoms with van der Waals surface area (Å²) < 4.78 is 5.87. The molecule has 1 amide bonds. The van der Waals surface area contributed by atoms with Crippen LogP contribution in [0.25, 0.3) is 6.08 Å². The number of rotatable bonds is 7. The highest BCUT2D eigenvalue weighted by Crippen LogP contribution is 2.29. The lowest BCUT2D eigenvalue weighted by Gasteiger charge is -2.34. The van der Waals surface area contributed by atoms with E-state index in [0.29, 0.717) is 17.3 Å². The highest BCUT2D eigenvalue weighted by Gasteiger charge is 2.15. The van der Waals surface area contributed by atoms with Crippen molar-refractivity contribution in [2.45, 2.75) is 0 Å². The average molecular weight is 518 g/mol. The van der Waals surface area contributed by atoms with Crippen molar-refractivity contribution in [1.82, 2.24) is 19.8 Å². The zero-order valence-electron chi connectivity index (χ0n) is 21.0. The van der Waals surface area contributed by atoms with E-state index in [0.717, 1.165) is 31.9 Å². The van der Waals surface area contributed by atoms with Crippen molar-refractivity contribution in [3.63, 3.8) is 0 Å². The molecule has 1 saturated heterocycles. The lowest BCUT2D eigenvalue weighted by atomic mass is 10.1. The van der Waals surface area contributed by atoms with Crippen molar-refractivity contribution in [2.24, 2.45) is 0 Å². The Bertz CT molecular complexity index is 1310. The number of nitriles is 1. The van der Waals surface area contributed by atoms with E-state index in [4.69, 9.17) is 16.3 Å². The number of carbonyl (C=O) groups excluding carboxylic acids is 1. The first-order valence-corrected chi connectivity index (χ1v) is 12.1. The van der Waals surface area contributed by atoms with Gasteiger partial charge in [0.15, 0.2) is 0 Å². The van der Waals surface area contributed by atoms with Crippen LogP contribution in [0, 0.1) is 11.3 Å². The number of likely N-dealkylation sites (N-methyl/N-ethyl adjacent to an activating group) is 2. The number of hydrogen-bond donors (Lipinski definition) is 1. The molecule has 0 bridgehead atoms. The number of amides is 1. The normalized spacial score (nSPS) is 14.1. The SMILES string of the molecule is CN1CCN(c2ccc(Nc3ncc(Cl)c(Oc4ccc(C=C(C#N)C(=O)N(C)C)cc4)n3)cc2)CC1. The highest BCUT2D eigenvalue weighted by molar-refractivity contribution is 6.31. The summed E-state index contributed by atoms with van der Waals surface area (Å²) in [7, 11) is 5.34. The fourth-order valence-electron chi connectivity index (χ4n) is 3.73. The molecule has 1 aliphatic rings. The van der Waals surface area contributed by atoms with Gasteiger partial charge in [-0.25, -0.2) is 4.98 Å². The van der Waals surface area contributed by atoms with E-state index in [-0.39, 0.29) is 22.4 Å². The Morgan fingerprint density at radius 3 is 2.41 bits per heavy atom. The van der Waals surface area contributed by atoms with Gasteiger partial charge in [-0.15, -0.1) is 0 Å². The summed E-state index contributed by atoms with van der Waals surface area (Å²) in [6.45, 7) is 4.13. The van der Waals surface area contributed by atoms with Gasteiger partial charge < -0.3 is 24.8 Å². The summed E-state index contributed by atoms with van der Waals surface area (Å²) in [6.07, 6.45) is 3.01. The van der Waals surface area contributed by atoms with Crippen molar-refractivity contribution >= 4 is 40.9 Å². The van der Waals surface area contributed by atoms with Crippen molar-refractivity contribution < 1.29 is 9.53 Å². The largest absolute Gasteiger partial charge is 0.437 e. The highest BCUT2D eigenvalue weighted by atomic mass is 35.5. The zero-order chi connectivity index (χ0) is 26.4. The fourth-order valence-corrected chi connectivity index (χ4v) is 3.86. The van der Waals surface area contributed by atoms with Gasteiger partial charge in [0.25, 0.3) is 5.91 Å². The van der Waals surface area contributed by atoms with Gasteiger partial charge in [0.05, 0.1) is 6.20 Å². The third-order valence-corrected chi connectivity index (χ3v) is 6.13. The van der Waals surface area contributed by atoms with E-state index in [2.05, 4.69) is 44.3 Å². The number of anilines is 3. The van der Waals surface area contributed by atoms with Gasteiger partial charge in [-0.2, -0.15) is 10.2 Å². The molecule has 1 fully saturated rings. The van der Waals surface area contributed by atoms with Crippen molar-refractivity contribution in [1.29, 1.82) is 5.26 Å². The van der Waals surface area contributed by atoms with Crippen LogP contribution >= 0.6 is 11.6 Å². The van der Waals surface area contributed by atoms with Crippen molar-refractivity contribution in [3.8, 4) is 17.7 Å². The van der Waals surface area contributed by atoms with Crippen LogP contribution in [0.1, 0.15) is 5.56 Å². The lowest BCUT2D eigenvalue weighted by Crippen LogP contribution is -2.44. The molecule has 0 aliphatic carbocycles. The minimum absolute atomic E-state index is 0.0461. The third kappa shape index (κ3) is 6.76. The number of carbonyl (C=O) groups is 1. The molecular weight excluding hydrogens is 490 g/mol. The van der Waals surface area contributed by atoms with Gasteiger partial charge in [0.2, 0.25) is 11.8 Å². The Labute approximate surface area is 221 Å². The van der Waals surface area contributed by atoms with Crippen LogP contribution in [0.2, 0.25) is 5.02 Å². The molecule has 4 rings (SSSR count). The number of halogens is 1. The second kappa shape index (κ2) is 11.7. The molecule has 0 unspecified atom stereocenters. The molecule has 0 atom stereocenters. The molecule has 2 aromatic carbocycles. The smallest absolute Gasteiger partial charge is 0.264 e. The monoisotopic (exact) mass is 517 g/mol. The first-order valence-electron chi connectivity index (χ1n) is 11.8. The topological polar surface area (TPSA) is 97.6 Å². The molecule has 1 aromatic heterocycles. The second-order valence-electron chi connectivity index (χ2n) is 8.85. The molecule has 3 aromatic rings. The standard InChI is InChI=1S/C27H28ClN7O2/c1-33(2)26(36)20(17-29)16-19-4-10-23(11-5-19)37-25-24(28)18-30-27(32-25)31-21-6-8-22(9-7-21)35-14-12-34(3)13-15-35/h4-11,16,18H,12-15H2,1-3H3,(H,30,31,32). The van der Waals surface area contributed by atoms with Gasteiger partial charge in [-0.1, -0.05) is 23.7 Å². The molecule has 0 spiro atoms. The molecule has 10 heteroatoms. The average Bonchev–Trinajstić information content (AvgIpc) is 2.90. The molecule has 2 heterocycles. The van der Waals surface area contributed by atoms with E-state index < -0.39 is 0 Å². The van der Waals surface area contributed by atoms with Crippen LogP contribution in [0.5, 0.6) is 11.6 Å². The van der Waals surface area contributed by atoms with Gasteiger partial charge >= 0.3 is 0 Å². The Morgan fingerprint density at radius 2 is 1.78 bits per heavy atom. The van der Waals surface area contributed by atoms with Crippen LogP contribution in [0.4, 0.5) is 17.3 Å². The van der Waals surface area contributed by atoms with Crippen LogP contribution in [-0.4, -0.2) is 73.0 Å². The predicted molar refractivity (Wildman–Crippen MR) is 145 cm³/mol. The molecule has 190 valence electrons. The minimum Gasteiger partial charge on any atom is -0.437 e. The summed E-state index contributed by atoms with van der Waals surface area (Å²) in [6, 6.07) is 17.0. The maximum atomic E-state index is 12.1. The number of piperazine rings is 1. The van der Waals surface area contributed by atoms with Crippen LogP contribution in [0.3, 0.4) is 0 Å². The summed E-state index contributed by atoms with van der Waals surface area (Å²) in [4.78, 5) is 26.8. The minimum atomic E-state index is -0.357. The number of aromatic nitrogens is 2. The number of hydrogen-bond acceptors (Lipinski definition) is 8. The Balaban J connectivity index is 1.42. The first kappa shape index (κ1) is 25.9. The Kier molecular flexibility index (Phi) is 8.23. The first-order chi connectivity index (χ1) is 17.8. The third-order valence-electron chi connectivity index (χ3n) is 5.87. The predicted octanol–water partition coefficient (Wildman–Crippen LogP) is 4.41. The molecule has 0 saturated carbocycles. The summed E-state index contributed by atoms with van der Waals surface area (Å²) in [5.74, 6) is 0.700. The van der Waals surface area contributed by atoms with E-state index in [1.807, 2.05) is 18.2 Å². The quantitative estimate of drug-likeness (QED) is 0.363. The maximum absolute atomic E-state index is 12.1. The fraction of sp³-hybridized carbons (Fsp3) is 0.259. The maximum Gasteiger partial charge on any atom is 0.264 e. The number of benzene rings is 2. The summed E-state index contributed by atoms with van der Waals surface area (Å²) >= 11 is 6.28.